The fourth-order valence-corrected chi connectivity index (χ4v) is 2.22. The fraction of sp³-hybridized carbons (Fsp3) is 0.444. The third-order valence-corrected chi connectivity index (χ3v) is 3.88. The first-order valence-electron chi connectivity index (χ1n) is 8.70. The van der Waals surface area contributed by atoms with Crippen molar-refractivity contribution in [2.45, 2.75) is 44.4 Å². The van der Waals surface area contributed by atoms with Crippen molar-refractivity contribution in [1.82, 2.24) is 16.0 Å². The number of aliphatic hydroxyl groups is 1. The molecule has 4 atom stereocenters. The van der Waals surface area contributed by atoms with E-state index in [0.29, 0.717) is 0 Å². The number of rotatable bonds is 10. The van der Waals surface area contributed by atoms with E-state index in [0.717, 1.165) is 5.56 Å². The van der Waals surface area contributed by atoms with Crippen molar-refractivity contribution in [2.24, 2.45) is 5.73 Å². The molecule has 0 bridgehead atoms. The summed E-state index contributed by atoms with van der Waals surface area (Å²) in [6, 6.07) is 4.57. The Balaban J connectivity index is 2.82. The Bertz CT molecular complexity index is 695. The number of aliphatic carboxylic acids is 1. The maximum absolute atomic E-state index is 12.6. The molecule has 0 spiro atoms. The van der Waals surface area contributed by atoms with Crippen LogP contribution in [-0.4, -0.2) is 64.7 Å². The Morgan fingerprint density at radius 2 is 1.50 bits per heavy atom. The zero-order valence-corrected chi connectivity index (χ0v) is 15.7. The van der Waals surface area contributed by atoms with Crippen LogP contribution < -0.4 is 21.7 Å². The van der Waals surface area contributed by atoms with E-state index >= 15 is 0 Å². The molecular formula is C18H26N4O6. The third kappa shape index (κ3) is 7.33. The number of carbonyl (C=O) groups excluding carboxylic acids is 3. The molecule has 0 aliphatic carbocycles. The summed E-state index contributed by atoms with van der Waals surface area (Å²) in [5.74, 6) is -3.34. The normalized spacial score (nSPS) is 14.9. The summed E-state index contributed by atoms with van der Waals surface area (Å²) < 4.78 is 0. The first-order chi connectivity index (χ1) is 13.1. The van der Waals surface area contributed by atoms with Gasteiger partial charge < -0.3 is 31.9 Å². The van der Waals surface area contributed by atoms with E-state index < -0.39 is 54.5 Å². The lowest BCUT2D eigenvalue weighted by Crippen LogP contribution is -2.57. The van der Waals surface area contributed by atoms with Crippen LogP contribution in [0.5, 0.6) is 0 Å². The van der Waals surface area contributed by atoms with Crippen molar-refractivity contribution in [1.29, 1.82) is 0 Å². The highest BCUT2D eigenvalue weighted by molar-refractivity contribution is 5.94. The van der Waals surface area contributed by atoms with Crippen LogP contribution in [-0.2, 0) is 25.6 Å². The van der Waals surface area contributed by atoms with Crippen LogP contribution in [0, 0.1) is 0 Å². The molecule has 3 amide bonds. The summed E-state index contributed by atoms with van der Waals surface area (Å²) in [5, 5.41) is 24.9. The summed E-state index contributed by atoms with van der Waals surface area (Å²) in [5.41, 5.74) is 6.33. The second-order valence-corrected chi connectivity index (χ2v) is 6.35. The van der Waals surface area contributed by atoms with Gasteiger partial charge in [0, 0.05) is 6.42 Å². The number of carbonyl (C=O) groups is 4. The minimum absolute atomic E-state index is 0.174. The molecule has 1 rings (SSSR count). The minimum atomic E-state index is -1.48. The summed E-state index contributed by atoms with van der Waals surface area (Å²) in [6.45, 7) is 2.04. The molecule has 154 valence electrons. The SMILES string of the molecule is CC(N)C(=O)NC(Cc1ccccc1)C(=O)NC(C)C(=O)NC(CO)C(=O)O. The predicted octanol–water partition coefficient (Wildman–Crippen LogP) is -1.87. The summed E-state index contributed by atoms with van der Waals surface area (Å²) >= 11 is 0. The molecule has 0 saturated heterocycles. The molecule has 0 heterocycles. The van der Waals surface area contributed by atoms with Crippen molar-refractivity contribution < 1.29 is 29.4 Å². The number of nitrogens with one attached hydrogen (secondary N) is 3. The molecule has 0 aliphatic heterocycles. The molecule has 10 heteroatoms. The van der Waals surface area contributed by atoms with Crippen LogP contribution >= 0.6 is 0 Å². The van der Waals surface area contributed by atoms with Gasteiger partial charge in [-0.1, -0.05) is 30.3 Å². The standard InChI is InChI=1S/C18H26N4O6/c1-10(19)15(24)21-13(8-12-6-4-3-5-7-12)17(26)20-11(2)16(25)22-14(9-23)18(27)28/h3-7,10-11,13-14,23H,8-9,19H2,1-2H3,(H,20,26)(H,21,24)(H,22,25)(H,27,28). The molecule has 4 unspecified atom stereocenters. The Morgan fingerprint density at radius 3 is 2.00 bits per heavy atom. The zero-order valence-electron chi connectivity index (χ0n) is 15.7. The maximum atomic E-state index is 12.6. The average Bonchev–Trinajstić information content (AvgIpc) is 2.65. The van der Waals surface area contributed by atoms with Gasteiger partial charge in [0.2, 0.25) is 17.7 Å². The number of amides is 3. The molecule has 28 heavy (non-hydrogen) atoms. The van der Waals surface area contributed by atoms with Crippen molar-refractivity contribution in [2.75, 3.05) is 6.61 Å². The Morgan fingerprint density at radius 1 is 0.929 bits per heavy atom. The van der Waals surface area contributed by atoms with E-state index in [1.807, 2.05) is 6.07 Å². The maximum Gasteiger partial charge on any atom is 0.328 e. The molecular weight excluding hydrogens is 368 g/mol. The molecule has 0 saturated carbocycles. The van der Waals surface area contributed by atoms with E-state index in [1.165, 1.54) is 13.8 Å². The van der Waals surface area contributed by atoms with Crippen molar-refractivity contribution in [3.05, 3.63) is 35.9 Å². The van der Waals surface area contributed by atoms with Crippen molar-refractivity contribution in [3.63, 3.8) is 0 Å². The minimum Gasteiger partial charge on any atom is -0.480 e. The number of carboxylic acid groups (broad SMARTS) is 1. The highest BCUT2D eigenvalue weighted by atomic mass is 16.4. The van der Waals surface area contributed by atoms with E-state index in [2.05, 4.69) is 16.0 Å². The van der Waals surface area contributed by atoms with E-state index in [9.17, 15) is 19.2 Å². The van der Waals surface area contributed by atoms with Gasteiger partial charge in [-0.3, -0.25) is 14.4 Å². The van der Waals surface area contributed by atoms with Crippen LogP contribution in [0.1, 0.15) is 19.4 Å². The lowest BCUT2D eigenvalue weighted by Gasteiger charge is -2.23. The number of aliphatic hydroxyl groups excluding tert-OH is 1. The average molecular weight is 394 g/mol. The molecule has 10 nitrogen and oxygen atoms in total. The Labute approximate surface area is 162 Å². The quantitative estimate of drug-likeness (QED) is 0.270. The van der Waals surface area contributed by atoms with Crippen molar-refractivity contribution in [3.8, 4) is 0 Å². The molecule has 0 aliphatic rings. The predicted molar refractivity (Wildman–Crippen MR) is 100.0 cm³/mol. The van der Waals surface area contributed by atoms with Gasteiger partial charge in [-0.25, -0.2) is 4.79 Å². The van der Waals surface area contributed by atoms with Crippen LogP contribution in [0.25, 0.3) is 0 Å². The number of hydrogen-bond donors (Lipinski definition) is 6. The monoisotopic (exact) mass is 394 g/mol. The molecule has 0 aromatic heterocycles. The summed E-state index contributed by atoms with van der Waals surface area (Å²) in [4.78, 5) is 47.5. The van der Waals surface area contributed by atoms with Gasteiger partial charge in [-0.2, -0.15) is 0 Å². The summed E-state index contributed by atoms with van der Waals surface area (Å²) in [7, 11) is 0. The molecule has 0 radical (unpaired) electrons. The second-order valence-electron chi connectivity index (χ2n) is 6.35. The lowest BCUT2D eigenvalue weighted by atomic mass is 10.0. The van der Waals surface area contributed by atoms with Gasteiger partial charge >= 0.3 is 5.97 Å². The topological polar surface area (TPSA) is 171 Å². The highest BCUT2D eigenvalue weighted by Gasteiger charge is 2.27. The van der Waals surface area contributed by atoms with E-state index in [-0.39, 0.29) is 6.42 Å². The Kier molecular flexibility index (Phi) is 9.06. The number of hydrogen-bond acceptors (Lipinski definition) is 6. The molecule has 7 N–H and O–H groups in total. The molecule has 0 fully saturated rings. The first-order valence-corrected chi connectivity index (χ1v) is 8.70. The first kappa shape index (κ1) is 23.1. The summed E-state index contributed by atoms with van der Waals surface area (Å²) in [6.07, 6.45) is 0.174. The van der Waals surface area contributed by atoms with Gasteiger partial charge in [-0.05, 0) is 19.4 Å². The van der Waals surface area contributed by atoms with Gasteiger partial charge in [0.05, 0.1) is 12.6 Å². The second kappa shape index (κ2) is 11.0. The van der Waals surface area contributed by atoms with Crippen LogP contribution in [0.3, 0.4) is 0 Å². The third-order valence-electron chi connectivity index (χ3n) is 3.88. The number of benzene rings is 1. The van der Waals surface area contributed by atoms with Crippen LogP contribution in [0.2, 0.25) is 0 Å². The molecule has 1 aromatic rings. The zero-order chi connectivity index (χ0) is 21.3. The van der Waals surface area contributed by atoms with Crippen molar-refractivity contribution >= 4 is 23.7 Å². The number of carboxylic acids is 1. The highest BCUT2D eigenvalue weighted by Crippen LogP contribution is 2.04. The van der Waals surface area contributed by atoms with Crippen LogP contribution in [0.15, 0.2) is 30.3 Å². The lowest BCUT2D eigenvalue weighted by molar-refractivity contribution is -0.143. The van der Waals surface area contributed by atoms with Crippen LogP contribution in [0.4, 0.5) is 0 Å². The van der Waals surface area contributed by atoms with Gasteiger partial charge in [0.25, 0.3) is 0 Å². The van der Waals surface area contributed by atoms with Gasteiger partial charge in [-0.15, -0.1) is 0 Å². The number of nitrogens with two attached hydrogens (primary N) is 1. The fourth-order valence-electron chi connectivity index (χ4n) is 2.22. The van der Waals surface area contributed by atoms with E-state index in [1.54, 1.807) is 24.3 Å². The van der Waals surface area contributed by atoms with E-state index in [4.69, 9.17) is 15.9 Å². The molecule has 1 aromatic carbocycles. The van der Waals surface area contributed by atoms with Gasteiger partial charge in [0.15, 0.2) is 0 Å². The van der Waals surface area contributed by atoms with Gasteiger partial charge in [0.1, 0.15) is 18.1 Å². The Hall–Kier alpha value is -2.98. The largest absolute Gasteiger partial charge is 0.480 e. The smallest absolute Gasteiger partial charge is 0.328 e.